The van der Waals surface area contributed by atoms with Crippen molar-refractivity contribution in [3.05, 3.63) is 66.2 Å². The number of rotatable bonds is 5. The van der Waals surface area contributed by atoms with E-state index in [2.05, 4.69) is 10.4 Å². The highest BCUT2D eigenvalue weighted by Crippen LogP contribution is 2.21. The molecule has 1 atom stereocenters. The molecule has 2 heterocycles. The summed E-state index contributed by atoms with van der Waals surface area (Å²) in [5.41, 5.74) is 2.57. The van der Waals surface area contributed by atoms with Crippen molar-refractivity contribution < 1.29 is 9.21 Å². The van der Waals surface area contributed by atoms with Crippen LogP contribution in [-0.2, 0) is 7.05 Å². The predicted molar refractivity (Wildman–Crippen MR) is 87.9 cm³/mol. The number of furan rings is 1. The maximum Gasteiger partial charge on any atom is 0.251 e. The third-order valence-electron chi connectivity index (χ3n) is 3.88. The molecule has 5 heteroatoms. The van der Waals surface area contributed by atoms with Gasteiger partial charge >= 0.3 is 0 Å². The maximum atomic E-state index is 12.5. The lowest BCUT2D eigenvalue weighted by molar-refractivity contribution is 0.0934. The van der Waals surface area contributed by atoms with Crippen molar-refractivity contribution in [2.24, 2.45) is 7.05 Å². The first kappa shape index (κ1) is 15.1. The predicted octanol–water partition coefficient (Wildman–Crippen LogP) is 3.56. The third-order valence-corrected chi connectivity index (χ3v) is 3.88. The molecule has 1 amide bonds. The van der Waals surface area contributed by atoms with Crippen molar-refractivity contribution in [3.8, 4) is 11.3 Å². The number of nitrogens with zero attached hydrogens (tertiary/aromatic N) is 2. The Labute approximate surface area is 134 Å². The fraction of sp³-hybridized carbons (Fsp3) is 0.222. The summed E-state index contributed by atoms with van der Waals surface area (Å²) < 4.78 is 7.14. The average molecular weight is 309 g/mol. The van der Waals surface area contributed by atoms with E-state index in [1.54, 1.807) is 17.1 Å². The van der Waals surface area contributed by atoms with Gasteiger partial charge in [0.2, 0.25) is 0 Å². The number of carbonyl (C=O) groups excluding carboxylic acids is 1. The lowest BCUT2D eigenvalue weighted by Crippen LogP contribution is -2.29. The molecule has 0 fully saturated rings. The second-order valence-corrected chi connectivity index (χ2v) is 5.37. The molecule has 2 aromatic heterocycles. The summed E-state index contributed by atoms with van der Waals surface area (Å²) in [6.45, 7) is 2.04. The average Bonchev–Trinajstić information content (AvgIpc) is 3.24. The molecule has 0 aliphatic rings. The Morgan fingerprint density at radius 1 is 1.26 bits per heavy atom. The van der Waals surface area contributed by atoms with E-state index in [9.17, 15) is 4.79 Å². The van der Waals surface area contributed by atoms with E-state index in [4.69, 9.17) is 4.42 Å². The number of amides is 1. The zero-order valence-corrected chi connectivity index (χ0v) is 13.2. The zero-order valence-electron chi connectivity index (χ0n) is 13.2. The summed E-state index contributed by atoms with van der Waals surface area (Å²) in [5.74, 6) is 0.697. The second kappa shape index (κ2) is 6.52. The molecule has 23 heavy (non-hydrogen) atoms. The topological polar surface area (TPSA) is 60.1 Å². The van der Waals surface area contributed by atoms with E-state index < -0.39 is 0 Å². The maximum absolute atomic E-state index is 12.5. The molecule has 1 N–H and O–H groups in total. The van der Waals surface area contributed by atoms with Crippen LogP contribution in [0.3, 0.4) is 0 Å². The Hall–Kier alpha value is -2.82. The minimum atomic E-state index is -0.0935. The molecule has 3 rings (SSSR count). The molecular weight excluding hydrogens is 290 g/mol. The van der Waals surface area contributed by atoms with Crippen LogP contribution < -0.4 is 5.32 Å². The van der Waals surface area contributed by atoms with Crippen LogP contribution in [-0.4, -0.2) is 15.7 Å². The number of aromatic nitrogens is 2. The molecule has 0 radical (unpaired) electrons. The van der Waals surface area contributed by atoms with Crippen LogP contribution in [0.1, 0.15) is 35.4 Å². The van der Waals surface area contributed by atoms with Crippen LogP contribution in [0.15, 0.2) is 59.3 Å². The van der Waals surface area contributed by atoms with Gasteiger partial charge in [0, 0.05) is 24.4 Å². The van der Waals surface area contributed by atoms with E-state index in [-0.39, 0.29) is 11.9 Å². The van der Waals surface area contributed by atoms with Crippen LogP contribution in [0.2, 0.25) is 0 Å². The van der Waals surface area contributed by atoms with Crippen molar-refractivity contribution in [1.82, 2.24) is 15.1 Å². The lowest BCUT2D eigenvalue weighted by Gasteiger charge is -2.17. The van der Waals surface area contributed by atoms with E-state index in [0.717, 1.165) is 23.4 Å². The van der Waals surface area contributed by atoms with Crippen molar-refractivity contribution in [2.75, 3.05) is 0 Å². The minimum absolute atomic E-state index is 0.0558. The molecule has 0 aliphatic carbocycles. The van der Waals surface area contributed by atoms with Crippen LogP contribution in [0, 0.1) is 0 Å². The number of nitrogens with one attached hydrogen (secondary N) is 1. The fourth-order valence-corrected chi connectivity index (χ4v) is 2.58. The normalized spacial score (nSPS) is 12.1. The van der Waals surface area contributed by atoms with Gasteiger partial charge in [0.1, 0.15) is 5.76 Å². The fourth-order valence-electron chi connectivity index (χ4n) is 2.58. The van der Waals surface area contributed by atoms with Gasteiger partial charge in [-0.25, -0.2) is 0 Å². The quantitative estimate of drug-likeness (QED) is 0.784. The molecule has 118 valence electrons. The summed E-state index contributed by atoms with van der Waals surface area (Å²) >= 11 is 0. The van der Waals surface area contributed by atoms with Gasteiger partial charge in [0.15, 0.2) is 0 Å². The van der Waals surface area contributed by atoms with Crippen molar-refractivity contribution in [2.45, 2.75) is 19.4 Å². The van der Waals surface area contributed by atoms with Crippen LogP contribution in [0.5, 0.6) is 0 Å². The third kappa shape index (κ3) is 3.18. The molecule has 0 bridgehead atoms. The highest BCUT2D eigenvalue weighted by Gasteiger charge is 2.16. The van der Waals surface area contributed by atoms with Gasteiger partial charge in [0.25, 0.3) is 5.91 Å². The highest BCUT2D eigenvalue weighted by atomic mass is 16.3. The number of hydrogen-bond donors (Lipinski definition) is 1. The summed E-state index contributed by atoms with van der Waals surface area (Å²) in [7, 11) is 1.88. The van der Waals surface area contributed by atoms with Gasteiger partial charge in [0.05, 0.1) is 18.0 Å². The monoisotopic (exact) mass is 309 g/mol. The van der Waals surface area contributed by atoms with Gasteiger partial charge in [-0.1, -0.05) is 19.1 Å². The van der Waals surface area contributed by atoms with Gasteiger partial charge < -0.3 is 9.73 Å². The van der Waals surface area contributed by atoms with Crippen molar-refractivity contribution in [3.63, 3.8) is 0 Å². The van der Waals surface area contributed by atoms with Gasteiger partial charge in [-0.2, -0.15) is 5.10 Å². The Morgan fingerprint density at radius 3 is 2.61 bits per heavy atom. The zero-order chi connectivity index (χ0) is 16.2. The Kier molecular flexibility index (Phi) is 4.28. The molecule has 0 aliphatic heterocycles. The SMILES string of the molecule is CCC(NC(=O)c1ccc(-c2ccco2)cc1)c1ccnn1C. The Balaban J connectivity index is 1.74. The van der Waals surface area contributed by atoms with E-state index in [1.807, 2.05) is 56.4 Å². The summed E-state index contributed by atoms with van der Waals surface area (Å²) in [6.07, 6.45) is 4.17. The first-order valence-corrected chi connectivity index (χ1v) is 7.61. The molecule has 0 saturated carbocycles. The smallest absolute Gasteiger partial charge is 0.251 e. The van der Waals surface area contributed by atoms with Crippen LogP contribution >= 0.6 is 0 Å². The molecular formula is C18H19N3O2. The lowest BCUT2D eigenvalue weighted by atomic mass is 10.1. The molecule has 5 nitrogen and oxygen atoms in total. The standard InChI is InChI=1S/C18H19N3O2/c1-3-15(16-10-11-19-21(16)2)20-18(22)14-8-6-13(7-9-14)17-5-4-12-23-17/h4-12,15H,3H2,1-2H3,(H,20,22). The van der Waals surface area contributed by atoms with E-state index >= 15 is 0 Å². The van der Waals surface area contributed by atoms with E-state index in [1.165, 1.54) is 0 Å². The summed E-state index contributed by atoms with van der Waals surface area (Å²) in [4.78, 5) is 12.5. The highest BCUT2D eigenvalue weighted by molar-refractivity contribution is 5.94. The molecule has 0 saturated heterocycles. The van der Waals surface area contributed by atoms with Crippen LogP contribution in [0.25, 0.3) is 11.3 Å². The first-order chi connectivity index (χ1) is 11.2. The number of hydrogen-bond acceptors (Lipinski definition) is 3. The Morgan fingerprint density at radius 2 is 2.04 bits per heavy atom. The number of carbonyl (C=O) groups is 1. The number of benzene rings is 1. The van der Waals surface area contributed by atoms with Gasteiger partial charge in [-0.3, -0.25) is 9.48 Å². The van der Waals surface area contributed by atoms with Crippen molar-refractivity contribution in [1.29, 1.82) is 0 Å². The molecule has 1 unspecified atom stereocenters. The second-order valence-electron chi connectivity index (χ2n) is 5.37. The summed E-state index contributed by atoms with van der Waals surface area (Å²) in [5, 5.41) is 7.22. The molecule has 3 aromatic rings. The van der Waals surface area contributed by atoms with Gasteiger partial charge in [-0.05, 0) is 36.8 Å². The largest absolute Gasteiger partial charge is 0.464 e. The molecule has 0 spiro atoms. The number of aryl methyl sites for hydroxylation is 1. The minimum Gasteiger partial charge on any atom is -0.464 e. The summed E-state index contributed by atoms with van der Waals surface area (Å²) in [6, 6.07) is 13.0. The molecule has 1 aromatic carbocycles. The van der Waals surface area contributed by atoms with Gasteiger partial charge in [-0.15, -0.1) is 0 Å². The van der Waals surface area contributed by atoms with Crippen molar-refractivity contribution >= 4 is 5.91 Å². The first-order valence-electron chi connectivity index (χ1n) is 7.61. The Bertz CT molecular complexity index is 773. The van der Waals surface area contributed by atoms with Crippen LogP contribution in [0.4, 0.5) is 0 Å². The van der Waals surface area contributed by atoms with E-state index in [0.29, 0.717) is 5.56 Å².